The van der Waals surface area contributed by atoms with Gasteiger partial charge in [-0.2, -0.15) is 10.2 Å². The lowest BCUT2D eigenvalue weighted by atomic mass is 9.99. The number of piperidine rings is 2. The Kier molecular flexibility index (Phi) is 5.87. The third kappa shape index (κ3) is 4.37. The Labute approximate surface area is 203 Å². The molecule has 35 heavy (non-hydrogen) atoms. The molecular weight excluding hydrogens is 442 g/mol. The number of carbonyl (C=O) groups is 1. The van der Waals surface area contributed by atoms with E-state index >= 15 is 0 Å². The van der Waals surface area contributed by atoms with Crippen molar-refractivity contribution in [1.82, 2.24) is 39.6 Å². The molecule has 2 aliphatic heterocycles. The minimum absolute atomic E-state index is 0.107. The van der Waals surface area contributed by atoms with E-state index in [0.29, 0.717) is 23.1 Å². The smallest absolute Gasteiger partial charge is 0.253 e. The maximum absolute atomic E-state index is 13.1. The van der Waals surface area contributed by atoms with Gasteiger partial charge in [-0.25, -0.2) is 14.5 Å². The highest BCUT2D eigenvalue weighted by molar-refractivity contribution is 5.94. The maximum atomic E-state index is 13.1. The number of hydrogen-bond donors (Lipinski definition) is 2. The number of rotatable bonds is 5. The van der Waals surface area contributed by atoms with Gasteiger partial charge in [0.1, 0.15) is 6.33 Å². The summed E-state index contributed by atoms with van der Waals surface area (Å²) in [4.78, 5) is 26.6. The zero-order valence-corrected chi connectivity index (χ0v) is 19.6. The summed E-state index contributed by atoms with van der Waals surface area (Å²) in [5, 5.41) is 14.4. The first-order valence-electron chi connectivity index (χ1n) is 12.3. The number of likely N-dealkylation sites (tertiary alicyclic amines) is 2. The van der Waals surface area contributed by atoms with Crippen LogP contribution in [0.15, 0.2) is 49.2 Å². The van der Waals surface area contributed by atoms with Crippen LogP contribution in [-0.4, -0.2) is 77.7 Å². The number of aromatic nitrogens is 6. The SMILES string of the molecule is O=C(c1ccc(Nc2ncc(-c3cn[nH]c3)n3ncnc23)cc1)N1CCC(N2CCCCC2)CC1. The standard InChI is InChI=1S/C25H29N9O/c35-25(33-12-8-21(9-13-33)32-10-2-1-3-11-32)18-4-6-20(7-5-18)31-23-24-27-17-30-34(24)22(16-26-23)19-14-28-29-15-19/h4-7,14-17,21H,1-3,8-13H2,(H,26,31)(H,28,29). The molecule has 6 rings (SSSR count). The Balaban J connectivity index is 1.11. The highest BCUT2D eigenvalue weighted by Gasteiger charge is 2.28. The second-order valence-electron chi connectivity index (χ2n) is 9.30. The number of H-pyrrole nitrogens is 1. The number of nitrogens with zero attached hydrogens (tertiary/aromatic N) is 7. The van der Waals surface area contributed by atoms with E-state index in [1.165, 1.54) is 38.7 Å². The number of nitrogens with one attached hydrogen (secondary N) is 2. The Hall–Kier alpha value is -3.79. The van der Waals surface area contributed by atoms with Crippen molar-refractivity contribution in [2.24, 2.45) is 0 Å². The molecule has 0 spiro atoms. The van der Waals surface area contributed by atoms with E-state index in [1.54, 1.807) is 23.1 Å². The van der Waals surface area contributed by atoms with E-state index in [4.69, 9.17) is 0 Å². The average Bonchev–Trinajstić information content (AvgIpc) is 3.63. The second-order valence-corrected chi connectivity index (χ2v) is 9.30. The van der Waals surface area contributed by atoms with Gasteiger partial charge in [0, 0.05) is 42.1 Å². The predicted molar refractivity (Wildman–Crippen MR) is 132 cm³/mol. The Bertz CT molecular complexity index is 1280. The molecule has 1 amide bonds. The zero-order chi connectivity index (χ0) is 23.6. The molecule has 180 valence electrons. The molecule has 0 atom stereocenters. The van der Waals surface area contributed by atoms with Crippen LogP contribution in [-0.2, 0) is 0 Å². The fourth-order valence-corrected chi connectivity index (χ4v) is 5.23. The number of anilines is 2. The molecule has 0 radical (unpaired) electrons. The van der Waals surface area contributed by atoms with E-state index < -0.39 is 0 Å². The van der Waals surface area contributed by atoms with Gasteiger partial charge in [-0.15, -0.1) is 0 Å². The van der Waals surface area contributed by atoms with Crippen LogP contribution in [0.25, 0.3) is 16.9 Å². The van der Waals surface area contributed by atoms with Crippen LogP contribution in [0.1, 0.15) is 42.5 Å². The lowest BCUT2D eigenvalue weighted by molar-refractivity contribution is 0.0590. The third-order valence-electron chi connectivity index (χ3n) is 7.15. The monoisotopic (exact) mass is 471 g/mol. The number of carbonyl (C=O) groups excluding carboxylic acids is 1. The molecule has 2 fully saturated rings. The molecular formula is C25H29N9O. The predicted octanol–water partition coefficient (Wildman–Crippen LogP) is 3.35. The van der Waals surface area contributed by atoms with Crippen molar-refractivity contribution >= 4 is 23.1 Å². The van der Waals surface area contributed by atoms with Crippen molar-refractivity contribution in [3.05, 3.63) is 54.7 Å². The summed E-state index contributed by atoms with van der Waals surface area (Å²) in [6, 6.07) is 8.20. The van der Waals surface area contributed by atoms with Crippen LogP contribution in [0.5, 0.6) is 0 Å². The zero-order valence-electron chi connectivity index (χ0n) is 19.6. The molecule has 2 saturated heterocycles. The van der Waals surface area contributed by atoms with Gasteiger partial charge in [-0.05, 0) is 63.0 Å². The molecule has 1 aromatic carbocycles. The van der Waals surface area contributed by atoms with Gasteiger partial charge in [0.05, 0.1) is 18.1 Å². The lowest BCUT2D eigenvalue weighted by Crippen LogP contribution is -2.48. The number of aromatic amines is 1. The molecule has 10 heteroatoms. The molecule has 2 N–H and O–H groups in total. The minimum Gasteiger partial charge on any atom is -0.339 e. The Morgan fingerprint density at radius 2 is 1.77 bits per heavy atom. The summed E-state index contributed by atoms with van der Waals surface area (Å²) in [5.74, 6) is 0.699. The second kappa shape index (κ2) is 9.46. The number of amides is 1. The van der Waals surface area contributed by atoms with Crippen molar-refractivity contribution in [3.63, 3.8) is 0 Å². The highest BCUT2D eigenvalue weighted by Crippen LogP contribution is 2.25. The summed E-state index contributed by atoms with van der Waals surface area (Å²) in [6.07, 6.45) is 12.9. The lowest BCUT2D eigenvalue weighted by Gasteiger charge is -2.40. The van der Waals surface area contributed by atoms with Crippen LogP contribution < -0.4 is 5.32 Å². The van der Waals surface area contributed by atoms with E-state index in [9.17, 15) is 4.79 Å². The summed E-state index contributed by atoms with van der Waals surface area (Å²) in [6.45, 7) is 4.10. The number of hydrogen-bond acceptors (Lipinski definition) is 7. The highest BCUT2D eigenvalue weighted by atomic mass is 16.2. The molecule has 0 unspecified atom stereocenters. The molecule has 0 saturated carbocycles. The topological polar surface area (TPSA) is 107 Å². The summed E-state index contributed by atoms with van der Waals surface area (Å²) >= 11 is 0. The van der Waals surface area contributed by atoms with Crippen LogP contribution in [0, 0.1) is 0 Å². The molecule has 4 aromatic rings. The Morgan fingerprint density at radius 3 is 2.51 bits per heavy atom. The van der Waals surface area contributed by atoms with Crippen LogP contribution in [0.4, 0.5) is 11.5 Å². The van der Waals surface area contributed by atoms with E-state index in [2.05, 4.69) is 35.5 Å². The first kappa shape index (κ1) is 21.7. The average molecular weight is 472 g/mol. The normalized spacial score (nSPS) is 17.7. The quantitative estimate of drug-likeness (QED) is 0.460. The van der Waals surface area contributed by atoms with Crippen LogP contribution in [0.2, 0.25) is 0 Å². The molecule has 0 bridgehead atoms. The summed E-state index contributed by atoms with van der Waals surface area (Å²) in [5.41, 5.74) is 3.83. The minimum atomic E-state index is 0.107. The molecule has 0 aliphatic carbocycles. The molecule has 5 heterocycles. The summed E-state index contributed by atoms with van der Waals surface area (Å²) < 4.78 is 1.73. The van der Waals surface area contributed by atoms with E-state index in [-0.39, 0.29) is 5.91 Å². The van der Waals surface area contributed by atoms with Crippen LogP contribution >= 0.6 is 0 Å². The van der Waals surface area contributed by atoms with Gasteiger partial charge in [0.25, 0.3) is 5.91 Å². The van der Waals surface area contributed by atoms with Crippen molar-refractivity contribution in [1.29, 1.82) is 0 Å². The van der Waals surface area contributed by atoms with E-state index in [0.717, 1.165) is 42.9 Å². The fourth-order valence-electron chi connectivity index (χ4n) is 5.23. The largest absolute Gasteiger partial charge is 0.339 e. The van der Waals surface area contributed by atoms with Crippen LogP contribution in [0.3, 0.4) is 0 Å². The number of benzene rings is 1. The number of fused-ring (bicyclic) bond motifs is 1. The molecule has 2 aliphatic rings. The van der Waals surface area contributed by atoms with Gasteiger partial charge in [-0.1, -0.05) is 6.42 Å². The fraction of sp³-hybridized carbons (Fsp3) is 0.400. The first-order chi connectivity index (χ1) is 17.3. The van der Waals surface area contributed by atoms with E-state index in [1.807, 2.05) is 29.2 Å². The van der Waals surface area contributed by atoms with Crippen molar-refractivity contribution in [2.45, 2.75) is 38.1 Å². The van der Waals surface area contributed by atoms with Gasteiger partial charge in [0.2, 0.25) is 0 Å². The van der Waals surface area contributed by atoms with Gasteiger partial charge >= 0.3 is 0 Å². The van der Waals surface area contributed by atoms with Crippen molar-refractivity contribution in [3.8, 4) is 11.3 Å². The van der Waals surface area contributed by atoms with Crippen molar-refractivity contribution < 1.29 is 4.79 Å². The van der Waals surface area contributed by atoms with Gasteiger partial charge < -0.3 is 15.1 Å². The Morgan fingerprint density at radius 1 is 0.971 bits per heavy atom. The third-order valence-corrected chi connectivity index (χ3v) is 7.15. The molecule has 10 nitrogen and oxygen atoms in total. The first-order valence-corrected chi connectivity index (χ1v) is 12.3. The molecule has 3 aromatic heterocycles. The maximum Gasteiger partial charge on any atom is 0.253 e. The summed E-state index contributed by atoms with van der Waals surface area (Å²) in [7, 11) is 0. The van der Waals surface area contributed by atoms with Gasteiger partial charge in [0.15, 0.2) is 11.5 Å². The van der Waals surface area contributed by atoms with Crippen molar-refractivity contribution in [2.75, 3.05) is 31.5 Å². The van der Waals surface area contributed by atoms with Gasteiger partial charge in [-0.3, -0.25) is 9.89 Å².